The molecule has 4 aromatic rings. The third-order valence-corrected chi connectivity index (χ3v) is 6.44. The first-order valence-corrected chi connectivity index (χ1v) is 13.7. The van der Waals surface area contributed by atoms with Crippen LogP contribution in [0.5, 0.6) is 0 Å². The van der Waals surface area contributed by atoms with Gasteiger partial charge >= 0.3 is 0 Å². The molecule has 40 heavy (non-hydrogen) atoms. The summed E-state index contributed by atoms with van der Waals surface area (Å²) in [6.07, 6.45) is 1.08. The Hall–Kier alpha value is -4.32. The molecule has 6 heteroatoms. The summed E-state index contributed by atoms with van der Waals surface area (Å²) in [5.74, 6) is 0.642. The summed E-state index contributed by atoms with van der Waals surface area (Å²) in [5.41, 5.74) is 5.55. The van der Waals surface area contributed by atoms with Crippen molar-refractivity contribution in [2.24, 2.45) is 16.3 Å². The second-order valence-electron chi connectivity index (χ2n) is 11.3. The van der Waals surface area contributed by atoms with Crippen LogP contribution < -0.4 is 10.2 Å². The molecule has 0 fully saturated rings. The van der Waals surface area contributed by atoms with Crippen LogP contribution in [0.4, 0.5) is 34.1 Å². The van der Waals surface area contributed by atoms with Gasteiger partial charge in [-0.3, -0.25) is 0 Å². The highest BCUT2D eigenvalue weighted by Gasteiger charge is 2.20. The van der Waals surface area contributed by atoms with E-state index in [4.69, 9.17) is 0 Å². The second-order valence-corrected chi connectivity index (χ2v) is 11.3. The quantitative estimate of drug-likeness (QED) is 0.216. The van der Waals surface area contributed by atoms with E-state index >= 15 is 0 Å². The van der Waals surface area contributed by atoms with Gasteiger partial charge in [0.2, 0.25) is 0 Å². The van der Waals surface area contributed by atoms with Gasteiger partial charge in [0, 0.05) is 17.4 Å². The minimum Gasteiger partial charge on any atom is -0.381 e. The molecule has 0 saturated heterocycles. The highest BCUT2D eigenvalue weighted by molar-refractivity contribution is 5.83. The van der Waals surface area contributed by atoms with Crippen molar-refractivity contribution in [3.8, 4) is 0 Å². The largest absolute Gasteiger partial charge is 0.381 e. The van der Waals surface area contributed by atoms with Crippen molar-refractivity contribution in [3.63, 3.8) is 0 Å². The van der Waals surface area contributed by atoms with Gasteiger partial charge in [0.25, 0.3) is 0 Å². The average molecular weight is 537 g/mol. The molecule has 0 spiro atoms. The molecule has 0 radical (unpaired) electrons. The van der Waals surface area contributed by atoms with Crippen molar-refractivity contribution in [2.45, 2.75) is 59.4 Å². The number of nitroso groups, excluding NO2 is 2. The van der Waals surface area contributed by atoms with E-state index in [1.54, 1.807) is 6.07 Å². The predicted molar refractivity (Wildman–Crippen MR) is 170 cm³/mol. The van der Waals surface area contributed by atoms with Crippen LogP contribution in [0.25, 0.3) is 0 Å². The van der Waals surface area contributed by atoms with Crippen molar-refractivity contribution in [1.82, 2.24) is 0 Å². The molecular formula is C34H40N4O2. The number of hydrogen-bond acceptors (Lipinski definition) is 6. The van der Waals surface area contributed by atoms with Crippen LogP contribution in [0, 0.1) is 15.7 Å². The first-order chi connectivity index (χ1) is 19.1. The maximum atomic E-state index is 11.6. The lowest BCUT2D eigenvalue weighted by Crippen LogP contribution is -2.17. The highest BCUT2D eigenvalue weighted by atomic mass is 16.3. The van der Waals surface area contributed by atoms with E-state index in [0.29, 0.717) is 23.3 Å². The Kier molecular flexibility index (Phi) is 10.7. The molecule has 1 atom stereocenters. The van der Waals surface area contributed by atoms with Gasteiger partial charge in [-0.1, -0.05) is 89.2 Å². The number of para-hydroxylation sites is 3. The van der Waals surface area contributed by atoms with Gasteiger partial charge in [-0.25, -0.2) is 0 Å². The van der Waals surface area contributed by atoms with Gasteiger partial charge in [0.05, 0.1) is 11.4 Å². The van der Waals surface area contributed by atoms with Crippen LogP contribution in [-0.4, -0.2) is 6.04 Å². The monoisotopic (exact) mass is 536 g/mol. The number of nitrogens with zero attached hydrogens (tertiary/aromatic N) is 3. The molecule has 1 unspecified atom stereocenters. The Morgan fingerprint density at radius 3 is 1.73 bits per heavy atom. The van der Waals surface area contributed by atoms with Crippen molar-refractivity contribution >= 4 is 34.1 Å². The van der Waals surface area contributed by atoms with Crippen LogP contribution in [0.1, 0.15) is 53.5 Å². The van der Waals surface area contributed by atoms with Gasteiger partial charge in [0.15, 0.2) is 0 Å². The molecule has 6 nitrogen and oxygen atoms in total. The molecule has 0 bridgehead atoms. The molecular weight excluding hydrogens is 496 g/mol. The van der Waals surface area contributed by atoms with Gasteiger partial charge < -0.3 is 10.2 Å². The van der Waals surface area contributed by atoms with E-state index in [-0.39, 0.29) is 5.41 Å². The van der Waals surface area contributed by atoms with Gasteiger partial charge in [-0.15, -0.1) is 9.81 Å². The van der Waals surface area contributed by atoms with Gasteiger partial charge in [0.1, 0.15) is 11.4 Å². The topological polar surface area (TPSA) is 74.1 Å². The third kappa shape index (κ3) is 8.34. The molecule has 1 N–H and O–H groups in total. The fraction of sp³-hybridized carbons (Fsp3) is 0.294. The molecule has 0 aliphatic heterocycles. The van der Waals surface area contributed by atoms with E-state index in [0.717, 1.165) is 34.7 Å². The van der Waals surface area contributed by atoms with Gasteiger partial charge in [-0.2, -0.15) is 0 Å². The zero-order valence-electron chi connectivity index (χ0n) is 24.3. The number of rotatable bonds is 9. The molecule has 208 valence electrons. The van der Waals surface area contributed by atoms with Crippen LogP contribution in [-0.2, 0) is 5.41 Å². The maximum absolute atomic E-state index is 11.6. The smallest absolute Gasteiger partial charge is 0.132 e. The van der Waals surface area contributed by atoms with Crippen LogP contribution in [0.2, 0.25) is 0 Å². The first-order valence-electron chi connectivity index (χ1n) is 13.7. The van der Waals surface area contributed by atoms with E-state index in [1.165, 1.54) is 0 Å². The van der Waals surface area contributed by atoms with Crippen molar-refractivity contribution in [2.75, 3.05) is 10.2 Å². The Balaban J connectivity index is 0.000000252. The summed E-state index contributed by atoms with van der Waals surface area (Å²) in [6, 6.07) is 33.6. The average Bonchev–Trinajstić information content (AvgIpc) is 2.94. The molecule has 0 saturated carbocycles. The first kappa shape index (κ1) is 30.2. The number of anilines is 4. The van der Waals surface area contributed by atoms with E-state index in [1.807, 2.05) is 91.0 Å². The molecule has 0 aliphatic rings. The maximum Gasteiger partial charge on any atom is 0.132 e. The van der Waals surface area contributed by atoms with E-state index < -0.39 is 0 Å². The molecule has 0 aliphatic carbocycles. The Bertz CT molecular complexity index is 1330. The van der Waals surface area contributed by atoms with E-state index in [9.17, 15) is 9.81 Å². The summed E-state index contributed by atoms with van der Waals surface area (Å²) in [6.45, 7) is 12.9. The molecule has 0 heterocycles. The Labute approximate surface area is 238 Å². The Morgan fingerprint density at radius 2 is 1.23 bits per heavy atom. The lowest BCUT2D eigenvalue weighted by molar-refractivity contribution is 0.540. The minimum atomic E-state index is -0.0394. The molecule has 0 amide bonds. The summed E-state index contributed by atoms with van der Waals surface area (Å²) < 4.78 is 0. The number of nitrogens with one attached hydrogen (secondary N) is 1. The van der Waals surface area contributed by atoms with E-state index in [2.05, 4.69) is 68.2 Å². The zero-order valence-corrected chi connectivity index (χ0v) is 24.3. The SMILES string of the molecule is CC(C)(C)c1ccc(N(c2ccccc2)c2ccccc2)c(N=O)c1.CC(C)CC(C)Nc1ccccc1N=O. The van der Waals surface area contributed by atoms with Crippen LogP contribution >= 0.6 is 0 Å². The van der Waals surface area contributed by atoms with Crippen molar-refractivity contribution < 1.29 is 0 Å². The lowest BCUT2D eigenvalue weighted by Gasteiger charge is -2.27. The molecule has 0 aromatic heterocycles. The van der Waals surface area contributed by atoms with Crippen LogP contribution in [0.3, 0.4) is 0 Å². The summed E-state index contributed by atoms with van der Waals surface area (Å²) in [4.78, 5) is 24.2. The lowest BCUT2D eigenvalue weighted by atomic mass is 9.86. The van der Waals surface area contributed by atoms with Crippen LogP contribution in [0.15, 0.2) is 113 Å². The normalized spacial score (nSPS) is 11.7. The summed E-state index contributed by atoms with van der Waals surface area (Å²) in [5, 5.41) is 9.61. The number of benzene rings is 4. The van der Waals surface area contributed by atoms with Gasteiger partial charge in [-0.05, 0) is 89.1 Å². The van der Waals surface area contributed by atoms with Crippen molar-refractivity contribution in [3.05, 3.63) is 119 Å². The molecule has 4 aromatic carbocycles. The predicted octanol–water partition coefficient (Wildman–Crippen LogP) is 10.8. The Morgan fingerprint density at radius 1 is 0.700 bits per heavy atom. The fourth-order valence-electron chi connectivity index (χ4n) is 4.54. The highest BCUT2D eigenvalue weighted by Crippen LogP contribution is 2.41. The standard InChI is InChI=1S/C22H22N2O.C12H18N2O/c1-22(2,3)17-14-15-21(20(16-17)23-25)24(18-10-6-4-7-11-18)19-12-8-5-9-13-19;1-9(2)8-10(3)13-11-6-4-5-7-12(11)14-15/h4-16H,1-3H3;4-7,9-10,13H,8H2,1-3H3. The summed E-state index contributed by atoms with van der Waals surface area (Å²) in [7, 11) is 0. The fourth-order valence-corrected chi connectivity index (χ4v) is 4.54. The zero-order chi connectivity index (χ0) is 29.1. The molecule has 4 rings (SSSR count). The third-order valence-electron chi connectivity index (χ3n) is 6.44. The summed E-state index contributed by atoms with van der Waals surface area (Å²) >= 11 is 0. The minimum absolute atomic E-state index is 0.0394. The number of hydrogen-bond donors (Lipinski definition) is 1. The van der Waals surface area contributed by atoms with Crippen molar-refractivity contribution in [1.29, 1.82) is 0 Å². The second kappa shape index (κ2) is 14.2.